The second-order valence-electron chi connectivity index (χ2n) is 8.16. The van der Waals surface area contributed by atoms with Crippen LogP contribution < -0.4 is 15.4 Å². The third kappa shape index (κ3) is 5.02. The Balaban J connectivity index is 1.72. The van der Waals surface area contributed by atoms with Crippen LogP contribution in [0, 0.1) is 5.82 Å². The van der Waals surface area contributed by atoms with E-state index in [2.05, 4.69) is 21.3 Å². The molecule has 31 heavy (non-hydrogen) atoms. The van der Waals surface area contributed by atoms with Gasteiger partial charge in [0, 0.05) is 36.1 Å². The van der Waals surface area contributed by atoms with Crippen molar-refractivity contribution in [3.8, 4) is 17.0 Å². The van der Waals surface area contributed by atoms with Gasteiger partial charge in [-0.2, -0.15) is 0 Å². The van der Waals surface area contributed by atoms with Crippen molar-refractivity contribution in [1.29, 1.82) is 0 Å². The van der Waals surface area contributed by atoms with Crippen molar-refractivity contribution in [3.05, 3.63) is 53.3 Å². The van der Waals surface area contributed by atoms with Gasteiger partial charge in [0.25, 0.3) is 0 Å². The van der Waals surface area contributed by atoms with E-state index in [1.165, 1.54) is 13.0 Å². The van der Waals surface area contributed by atoms with Crippen LogP contribution in [0.2, 0.25) is 5.02 Å². The number of aromatic nitrogens is 1. The van der Waals surface area contributed by atoms with Gasteiger partial charge in [0.15, 0.2) is 0 Å². The smallest absolute Gasteiger partial charge is 0.217 e. The first kappa shape index (κ1) is 21.7. The van der Waals surface area contributed by atoms with Crippen LogP contribution in [0.15, 0.2) is 42.5 Å². The van der Waals surface area contributed by atoms with Crippen molar-refractivity contribution in [3.63, 3.8) is 0 Å². The van der Waals surface area contributed by atoms with E-state index in [1.54, 1.807) is 12.1 Å². The zero-order valence-corrected chi connectivity index (χ0v) is 18.5. The van der Waals surface area contributed by atoms with Crippen LogP contribution in [0.25, 0.3) is 22.2 Å². The molecule has 0 aliphatic carbocycles. The minimum absolute atomic E-state index is 0.0755. The lowest BCUT2D eigenvalue weighted by atomic mass is 10.1. The number of amides is 1. The van der Waals surface area contributed by atoms with Crippen LogP contribution in [0.4, 0.5) is 4.39 Å². The standard InChI is InChI=1S/C24H27ClFN3O2/c1-15(28-16(2)30)14-29-23-6-4-20(31-19-7-9-27-10-8-19)11-18(23)13-24(29)17-3-5-22(26)21(25)12-17/h3-6,11-13,15,19,27H,7-10,14H2,1-2H3,(H,28,30). The fourth-order valence-electron chi connectivity index (χ4n) is 4.19. The number of fused-ring (bicyclic) bond motifs is 1. The first-order chi connectivity index (χ1) is 14.9. The van der Waals surface area contributed by atoms with E-state index < -0.39 is 5.82 Å². The van der Waals surface area contributed by atoms with Crippen LogP contribution in [-0.2, 0) is 11.3 Å². The van der Waals surface area contributed by atoms with Gasteiger partial charge >= 0.3 is 0 Å². The summed E-state index contributed by atoms with van der Waals surface area (Å²) in [7, 11) is 0. The summed E-state index contributed by atoms with van der Waals surface area (Å²) in [6, 6.07) is 12.8. The summed E-state index contributed by atoms with van der Waals surface area (Å²) in [4.78, 5) is 11.5. The number of carbonyl (C=O) groups is 1. The summed E-state index contributed by atoms with van der Waals surface area (Å²) >= 11 is 6.06. The molecule has 0 spiro atoms. The third-order valence-electron chi connectivity index (χ3n) is 5.58. The molecular formula is C24H27ClFN3O2. The Bertz CT molecular complexity index is 1090. The fourth-order valence-corrected chi connectivity index (χ4v) is 4.37. The highest BCUT2D eigenvalue weighted by Gasteiger charge is 2.18. The average Bonchev–Trinajstić information content (AvgIpc) is 3.07. The predicted molar refractivity (Wildman–Crippen MR) is 122 cm³/mol. The molecule has 1 amide bonds. The Morgan fingerprint density at radius 1 is 1.26 bits per heavy atom. The molecule has 5 nitrogen and oxygen atoms in total. The molecule has 1 unspecified atom stereocenters. The Hall–Kier alpha value is -2.57. The summed E-state index contributed by atoms with van der Waals surface area (Å²) < 4.78 is 22.1. The lowest BCUT2D eigenvalue weighted by Crippen LogP contribution is -2.34. The first-order valence-corrected chi connectivity index (χ1v) is 11.0. The van der Waals surface area contributed by atoms with E-state index >= 15 is 0 Å². The fraction of sp³-hybridized carbons (Fsp3) is 0.375. The predicted octanol–water partition coefficient (Wildman–Crippen LogP) is 4.76. The molecule has 2 aromatic carbocycles. The molecule has 0 saturated carbocycles. The molecule has 1 atom stereocenters. The quantitative estimate of drug-likeness (QED) is 0.577. The molecule has 1 aliphatic heterocycles. The van der Waals surface area contributed by atoms with Crippen molar-refractivity contribution in [2.45, 2.75) is 45.4 Å². The molecule has 164 valence electrons. The van der Waals surface area contributed by atoms with Gasteiger partial charge in [0.2, 0.25) is 5.91 Å². The van der Waals surface area contributed by atoms with Gasteiger partial charge in [-0.3, -0.25) is 4.79 Å². The van der Waals surface area contributed by atoms with E-state index in [-0.39, 0.29) is 23.1 Å². The summed E-state index contributed by atoms with van der Waals surface area (Å²) in [6.45, 7) is 5.99. The average molecular weight is 444 g/mol. The molecule has 2 N–H and O–H groups in total. The molecule has 1 aliphatic rings. The lowest BCUT2D eigenvalue weighted by Gasteiger charge is -2.24. The van der Waals surface area contributed by atoms with Crippen molar-refractivity contribution < 1.29 is 13.9 Å². The number of hydrogen-bond donors (Lipinski definition) is 2. The zero-order valence-electron chi connectivity index (χ0n) is 17.8. The number of nitrogens with one attached hydrogen (secondary N) is 2. The Morgan fingerprint density at radius 3 is 2.74 bits per heavy atom. The highest BCUT2D eigenvalue weighted by Crippen LogP contribution is 2.33. The molecule has 0 radical (unpaired) electrons. The second kappa shape index (κ2) is 9.28. The van der Waals surface area contributed by atoms with Crippen molar-refractivity contribution in [1.82, 2.24) is 15.2 Å². The third-order valence-corrected chi connectivity index (χ3v) is 5.87. The Labute approximate surface area is 186 Å². The number of carbonyl (C=O) groups excluding carboxylic acids is 1. The molecule has 1 fully saturated rings. The number of piperidine rings is 1. The van der Waals surface area contributed by atoms with Crippen LogP contribution in [0.3, 0.4) is 0 Å². The second-order valence-corrected chi connectivity index (χ2v) is 8.57. The van der Waals surface area contributed by atoms with Gasteiger partial charge in [-0.1, -0.05) is 11.6 Å². The van der Waals surface area contributed by atoms with E-state index in [0.717, 1.165) is 53.8 Å². The van der Waals surface area contributed by atoms with Crippen LogP contribution in [-0.4, -0.2) is 35.7 Å². The van der Waals surface area contributed by atoms with Gasteiger partial charge in [-0.05, 0) is 80.9 Å². The highest BCUT2D eigenvalue weighted by molar-refractivity contribution is 6.31. The maximum atomic E-state index is 13.7. The molecule has 3 aromatic rings. The number of benzene rings is 2. The number of hydrogen-bond acceptors (Lipinski definition) is 3. The number of rotatable bonds is 6. The Morgan fingerprint density at radius 2 is 2.03 bits per heavy atom. The van der Waals surface area contributed by atoms with Gasteiger partial charge in [0.05, 0.1) is 5.02 Å². The van der Waals surface area contributed by atoms with Crippen molar-refractivity contribution in [2.24, 2.45) is 0 Å². The molecule has 7 heteroatoms. The minimum Gasteiger partial charge on any atom is -0.490 e. The maximum absolute atomic E-state index is 13.7. The van der Waals surface area contributed by atoms with E-state index in [0.29, 0.717) is 6.54 Å². The monoisotopic (exact) mass is 443 g/mol. The van der Waals surface area contributed by atoms with E-state index in [4.69, 9.17) is 16.3 Å². The Kier molecular flexibility index (Phi) is 6.49. The van der Waals surface area contributed by atoms with E-state index in [1.807, 2.05) is 25.1 Å². The molecule has 0 bridgehead atoms. The topological polar surface area (TPSA) is 55.3 Å². The van der Waals surface area contributed by atoms with Gasteiger partial charge in [0.1, 0.15) is 17.7 Å². The molecular weight excluding hydrogens is 417 g/mol. The largest absolute Gasteiger partial charge is 0.490 e. The van der Waals surface area contributed by atoms with E-state index in [9.17, 15) is 9.18 Å². The summed E-state index contributed by atoms with van der Waals surface area (Å²) in [6.07, 6.45) is 2.20. The highest BCUT2D eigenvalue weighted by atomic mass is 35.5. The van der Waals surface area contributed by atoms with Crippen LogP contribution >= 0.6 is 11.6 Å². The molecule has 1 aromatic heterocycles. The van der Waals surface area contributed by atoms with Crippen molar-refractivity contribution >= 4 is 28.4 Å². The van der Waals surface area contributed by atoms with Gasteiger partial charge in [-0.25, -0.2) is 4.39 Å². The van der Waals surface area contributed by atoms with Crippen LogP contribution in [0.5, 0.6) is 5.75 Å². The zero-order chi connectivity index (χ0) is 22.0. The lowest BCUT2D eigenvalue weighted by molar-refractivity contribution is -0.119. The summed E-state index contributed by atoms with van der Waals surface area (Å²) in [5.41, 5.74) is 2.75. The van der Waals surface area contributed by atoms with Crippen molar-refractivity contribution in [2.75, 3.05) is 13.1 Å². The minimum atomic E-state index is -0.447. The normalized spacial score (nSPS) is 15.7. The van der Waals surface area contributed by atoms with Crippen LogP contribution in [0.1, 0.15) is 26.7 Å². The molecule has 2 heterocycles. The SMILES string of the molecule is CC(=O)NC(C)Cn1c(-c2ccc(F)c(Cl)c2)cc2cc(OC3CCNCC3)ccc21. The number of halogens is 2. The first-order valence-electron chi connectivity index (χ1n) is 10.6. The summed E-state index contributed by atoms with van der Waals surface area (Å²) in [5, 5.41) is 7.39. The van der Waals surface area contributed by atoms with Gasteiger partial charge in [-0.15, -0.1) is 0 Å². The molecule has 1 saturated heterocycles. The summed E-state index contributed by atoms with van der Waals surface area (Å²) in [5.74, 6) is 0.320. The number of nitrogens with zero attached hydrogens (tertiary/aromatic N) is 1. The van der Waals surface area contributed by atoms with Gasteiger partial charge < -0.3 is 19.9 Å². The number of ether oxygens (including phenoxy) is 1. The maximum Gasteiger partial charge on any atom is 0.217 e. The molecule has 4 rings (SSSR count).